The molecule has 1 amide bonds. The van der Waals surface area contributed by atoms with Crippen molar-refractivity contribution in [2.75, 3.05) is 13.1 Å². The molecule has 1 aromatic carbocycles. The lowest BCUT2D eigenvalue weighted by Gasteiger charge is -2.30. The van der Waals surface area contributed by atoms with Gasteiger partial charge in [-0.05, 0) is 55.7 Å². The van der Waals surface area contributed by atoms with Crippen LogP contribution < -0.4 is 0 Å². The van der Waals surface area contributed by atoms with E-state index in [4.69, 9.17) is 16.6 Å². The van der Waals surface area contributed by atoms with E-state index in [1.165, 1.54) is 5.56 Å². The predicted molar refractivity (Wildman–Crippen MR) is 93.1 cm³/mol. The van der Waals surface area contributed by atoms with Gasteiger partial charge < -0.3 is 4.90 Å². The molecule has 0 bridgehead atoms. The van der Waals surface area contributed by atoms with Crippen LogP contribution in [0.4, 0.5) is 0 Å². The molecule has 120 valence electrons. The van der Waals surface area contributed by atoms with Crippen molar-refractivity contribution in [3.05, 3.63) is 40.0 Å². The zero-order valence-corrected chi connectivity index (χ0v) is 14.2. The van der Waals surface area contributed by atoms with Gasteiger partial charge in [-0.1, -0.05) is 24.6 Å². The number of carbonyl (C=O) groups excluding carboxylic acids is 1. The Kier molecular flexibility index (Phi) is 3.76. The molecule has 2 aromatic rings. The van der Waals surface area contributed by atoms with Crippen LogP contribution in [0.25, 0.3) is 10.9 Å². The SMILES string of the molecule is CC1CCN(C(=O)c2ccc3c(Cl)c4c(nc3c2)CCC4)CC1. The van der Waals surface area contributed by atoms with E-state index in [0.29, 0.717) is 0 Å². The molecule has 0 atom stereocenters. The van der Waals surface area contributed by atoms with Crippen molar-refractivity contribution in [1.82, 2.24) is 9.88 Å². The van der Waals surface area contributed by atoms with E-state index in [0.717, 1.165) is 78.3 Å². The first-order chi connectivity index (χ1) is 11.1. The van der Waals surface area contributed by atoms with Crippen LogP contribution in [-0.2, 0) is 12.8 Å². The second-order valence-electron chi connectivity index (χ2n) is 6.91. The van der Waals surface area contributed by atoms with Crippen molar-refractivity contribution in [1.29, 1.82) is 0 Å². The number of benzene rings is 1. The molecule has 1 aliphatic heterocycles. The number of pyridine rings is 1. The van der Waals surface area contributed by atoms with Crippen molar-refractivity contribution >= 4 is 28.4 Å². The van der Waals surface area contributed by atoms with E-state index >= 15 is 0 Å². The number of rotatable bonds is 1. The van der Waals surface area contributed by atoms with Gasteiger partial charge >= 0.3 is 0 Å². The quantitative estimate of drug-likeness (QED) is 0.784. The van der Waals surface area contributed by atoms with Crippen LogP contribution in [0, 0.1) is 5.92 Å². The van der Waals surface area contributed by atoms with Gasteiger partial charge in [-0.25, -0.2) is 0 Å². The second kappa shape index (κ2) is 5.79. The summed E-state index contributed by atoms with van der Waals surface area (Å²) in [6, 6.07) is 5.78. The van der Waals surface area contributed by atoms with Crippen LogP contribution in [-0.4, -0.2) is 28.9 Å². The van der Waals surface area contributed by atoms with Crippen LogP contribution in [0.3, 0.4) is 0 Å². The maximum absolute atomic E-state index is 12.7. The Morgan fingerprint density at radius 1 is 1.26 bits per heavy atom. The first kappa shape index (κ1) is 14.9. The van der Waals surface area contributed by atoms with Gasteiger partial charge in [0.2, 0.25) is 0 Å². The largest absolute Gasteiger partial charge is 0.339 e. The van der Waals surface area contributed by atoms with E-state index < -0.39 is 0 Å². The van der Waals surface area contributed by atoms with E-state index in [9.17, 15) is 4.79 Å². The van der Waals surface area contributed by atoms with Crippen LogP contribution in [0.1, 0.15) is 47.8 Å². The molecule has 4 rings (SSSR count). The summed E-state index contributed by atoms with van der Waals surface area (Å²) in [5.74, 6) is 0.843. The first-order valence-corrected chi connectivity index (χ1v) is 8.91. The van der Waals surface area contributed by atoms with Crippen LogP contribution in [0.2, 0.25) is 5.02 Å². The number of amides is 1. The minimum atomic E-state index is 0.122. The molecule has 2 aliphatic rings. The molecule has 0 unspecified atom stereocenters. The predicted octanol–water partition coefficient (Wildman–Crippen LogP) is 4.25. The number of aromatic nitrogens is 1. The minimum Gasteiger partial charge on any atom is -0.339 e. The van der Waals surface area contributed by atoms with Gasteiger partial charge in [0.25, 0.3) is 5.91 Å². The van der Waals surface area contributed by atoms with Gasteiger partial charge in [0.05, 0.1) is 10.5 Å². The number of likely N-dealkylation sites (tertiary alicyclic amines) is 1. The Hall–Kier alpha value is -1.61. The highest BCUT2D eigenvalue weighted by Gasteiger charge is 2.23. The highest BCUT2D eigenvalue weighted by Crippen LogP contribution is 2.34. The summed E-state index contributed by atoms with van der Waals surface area (Å²) in [6.07, 6.45) is 5.32. The first-order valence-electron chi connectivity index (χ1n) is 8.54. The maximum atomic E-state index is 12.7. The van der Waals surface area contributed by atoms with Gasteiger partial charge in [0.15, 0.2) is 0 Å². The summed E-state index contributed by atoms with van der Waals surface area (Å²) < 4.78 is 0. The third-order valence-corrected chi connectivity index (χ3v) is 5.69. The monoisotopic (exact) mass is 328 g/mol. The molecule has 1 fully saturated rings. The van der Waals surface area contributed by atoms with E-state index in [-0.39, 0.29) is 5.91 Å². The summed E-state index contributed by atoms with van der Waals surface area (Å²) >= 11 is 6.55. The molecular weight excluding hydrogens is 308 g/mol. The smallest absolute Gasteiger partial charge is 0.253 e. The average molecular weight is 329 g/mol. The molecule has 1 aliphatic carbocycles. The number of hydrogen-bond donors (Lipinski definition) is 0. The Labute approximate surface area is 141 Å². The molecule has 4 heteroatoms. The van der Waals surface area contributed by atoms with Crippen molar-refractivity contribution < 1.29 is 4.79 Å². The van der Waals surface area contributed by atoms with Crippen LogP contribution >= 0.6 is 11.6 Å². The lowest BCUT2D eigenvalue weighted by atomic mass is 9.98. The highest BCUT2D eigenvalue weighted by atomic mass is 35.5. The van der Waals surface area contributed by atoms with Crippen molar-refractivity contribution in [2.45, 2.75) is 39.0 Å². The summed E-state index contributed by atoms with van der Waals surface area (Å²) in [5.41, 5.74) is 3.89. The number of nitrogens with zero attached hydrogens (tertiary/aromatic N) is 2. The maximum Gasteiger partial charge on any atom is 0.253 e. The molecule has 2 heterocycles. The Balaban J connectivity index is 1.69. The minimum absolute atomic E-state index is 0.122. The Bertz CT molecular complexity index is 779. The molecule has 23 heavy (non-hydrogen) atoms. The van der Waals surface area contributed by atoms with E-state index in [1.807, 2.05) is 23.1 Å². The van der Waals surface area contributed by atoms with Gasteiger partial charge in [-0.3, -0.25) is 9.78 Å². The van der Waals surface area contributed by atoms with E-state index in [1.54, 1.807) is 0 Å². The normalized spacial score (nSPS) is 18.4. The Morgan fingerprint density at radius 3 is 2.83 bits per heavy atom. The third-order valence-electron chi connectivity index (χ3n) is 5.26. The molecule has 0 spiro atoms. The second-order valence-corrected chi connectivity index (χ2v) is 7.29. The molecule has 0 radical (unpaired) electrons. The molecule has 0 N–H and O–H groups in total. The standard InChI is InChI=1S/C19H21ClN2O/c1-12-7-9-22(10-8-12)19(23)13-5-6-15-17(11-13)21-16-4-2-3-14(16)18(15)20/h5-6,11-12H,2-4,7-10H2,1H3. The van der Waals surface area contributed by atoms with E-state index in [2.05, 4.69) is 6.92 Å². The number of hydrogen-bond acceptors (Lipinski definition) is 2. The fourth-order valence-electron chi connectivity index (χ4n) is 3.73. The lowest BCUT2D eigenvalue weighted by molar-refractivity contribution is 0.0697. The van der Waals surface area contributed by atoms with Crippen molar-refractivity contribution in [3.8, 4) is 0 Å². The summed E-state index contributed by atoms with van der Waals surface area (Å²) in [7, 11) is 0. The number of aryl methyl sites for hydroxylation is 1. The third kappa shape index (κ3) is 2.61. The lowest BCUT2D eigenvalue weighted by Crippen LogP contribution is -2.37. The number of carbonyl (C=O) groups is 1. The zero-order chi connectivity index (χ0) is 16.0. The summed E-state index contributed by atoms with van der Waals surface area (Å²) in [5, 5.41) is 1.80. The van der Waals surface area contributed by atoms with Gasteiger partial charge in [0, 0.05) is 29.7 Å². The van der Waals surface area contributed by atoms with Gasteiger partial charge in [0.1, 0.15) is 0 Å². The molecule has 0 saturated carbocycles. The zero-order valence-electron chi connectivity index (χ0n) is 13.4. The fourth-order valence-corrected chi connectivity index (χ4v) is 4.10. The fraction of sp³-hybridized carbons (Fsp3) is 0.474. The summed E-state index contributed by atoms with van der Waals surface area (Å²) in [4.78, 5) is 19.5. The van der Waals surface area contributed by atoms with Gasteiger partial charge in [-0.15, -0.1) is 0 Å². The summed E-state index contributed by atoms with van der Waals surface area (Å²) in [6.45, 7) is 3.97. The van der Waals surface area contributed by atoms with Crippen LogP contribution in [0.5, 0.6) is 0 Å². The average Bonchev–Trinajstić information content (AvgIpc) is 3.03. The number of fused-ring (bicyclic) bond motifs is 2. The van der Waals surface area contributed by atoms with Crippen molar-refractivity contribution in [2.24, 2.45) is 5.92 Å². The molecule has 1 saturated heterocycles. The topological polar surface area (TPSA) is 33.2 Å². The molecule has 1 aromatic heterocycles. The van der Waals surface area contributed by atoms with Gasteiger partial charge in [-0.2, -0.15) is 0 Å². The number of piperidine rings is 1. The molecular formula is C19H21ClN2O. The number of halogens is 1. The molecule has 3 nitrogen and oxygen atoms in total. The van der Waals surface area contributed by atoms with Crippen LogP contribution in [0.15, 0.2) is 18.2 Å². The van der Waals surface area contributed by atoms with Crippen molar-refractivity contribution in [3.63, 3.8) is 0 Å². The Morgan fingerprint density at radius 2 is 2.04 bits per heavy atom. The highest BCUT2D eigenvalue weighted by molar-refractivity contribution is 6.36.